The highest BCUT2D eigenvalue weighted by Gasteiger charge is 2.21. The summed E-state index contributed by atoms with van der Waals surface area (Å²) >= 11 is 0. The van der Waals surface area contributed by atoms with E-state index in [0.29, 0.717) is 0 Å². The molecule has 3 rings (SSSR count). The highest BCUT2D eigenvalue weighted by atomic mass is 16.5. The van der Waals surface area contributed by atoms with Gasteiger partial charge in [-0.15, -0.1) is 0 Å². The van der Waals surface area contributed by atoms with E-state index in [2.05, 4.69) is 0 Å². The van der Waals surface area contributed by atoms with Crippen molar-refractivity contribution in [1.29, 1.82) is 0 Å². The summed E-state index contributed by atoms with van der Waals surface area (Å²) in [5, 5.41) is 39.2. The molecule has 8 nitrogen and oxygen atoms in total. The number of benzene rings is 2. The third kappa shape index (κ3) is 2.53. The summed E-state index contributed by atoms with van der Waals surface area (Å²) in [6, 6.07) is 4.34. The third-order valence-electron chi connectivity index (χ3n) is 3.64. The van der Waals surface area contributed by atoms with Crippen LogP contribution in [0.1, 0.15) is 0 Å². The molecule has 0 aliphatic rings. The van der Waals surface area contributed by atoms with Gasteiger partial charge in [0.1, 0.15) is 22.6 Å². The van der Waals surface area contributed by atoms with Crippen molar-refractivity contribution in [1.82, 2.24) is 0 Å². The van der Waals surface area contributed by atoms with Crippen LogP contribution in [-0.4, -0.2) is 34.6 Å². The molecule has 130 valence electrons. The highest BCUT2D eigenvalue weighted by molar-refractivity contribution is 5.92. The molecule has 0 spiro atoms. The number of phenolic OH excluding ortho intramolecular Hbond substituents is 4. The predicted molar refractivity (Wildman–Crippen MR) is 87.7 cm³/mol. The minimum absolute atomic E-state index is 0.0244. The first-order valence-corrected chi connectivity index (χ1v) is 7.04. The topological polar surface area (TPSA) is 130 Å². The molecule has 1 aromatic heterocycles. The molecule has 3 aromatic rings. The first-order valence-electron chi connectivity index (χ1n) is 7.04. The molecule has 0 saturated carbocycles. The van der Waals surface area contributed by atoms with Gasteiger partial charge in [-0.1, -0.05) is 0 Å². The normalized spacial score (nSPS) is 10.8. The van der Waals surface area contributed by atoms with Crippen LogP contribution in [0, 0.1) is 0 Å². The Hall–Kier alpha value is -3.55. The first kappa shape index (κ1) is 16.3. The zero-order valence-corrected chi connectivity index (χ0v) is 13.2. The van der Waals surface area contributed by atoms with Crippen molar-refractivity contribution in [2.45, 2.75) is 0 Å². The molecule has 0 saturated heterocycles. The molecule has 0 radical (unpaired) electrons. The van der Waals surface area contributed by atoms with E-state index < -0.39 is 16.9 Å². The van der Waals surface area contributed by atoms with E-state index in [0.717, 1.165) is 18.2 Å². The van der Waals surface area contributed by atoms with E-state index in [1.807, 2.05) is 0 Å². The second-order valence-electron chi connectivity index (χ2n) is 5.17. The van der Waals surface area contributed by atoms with Crippen LogP contribution in [-0.2, 0) is 0 Å². The number of methoxy groups -OCH3 is 2. The van der Waals surface area contributed by atoms with Gasteiger partial charge in [0.2, 0.25) is 5.75 Å². The van der Waals surface area contributed by atoms with Gasteiger partial charge < -0.3 is 34.3 Å². The molecule has 0 aliphatic carbocycles. The van der Waals surface area contributed by atoms with Crippen LogP contribution in [0.3, 0.4) is 0 Å². The van der Waals surface area contributed by atoms with Gasteiger partial charge >= 0.3 is 0 Å². The number of ether oxygens (including phenoxy) is 2. The van der Waals surface area contributed by atoms with E-state index in [9.17, 15) is 25.2 Å². The van der Waals surface area contributed by atoms with E-state index >= 15 is 0 Å². The van der Waals surface area contributed by atoms with E-state index in [1.54, 1.807) is 0 Å². The van der Waals surface area contributed by atoms with Crippen LogP contribution >= 0.6 is 0 Å². The summed E-state index contributed by atoms with van der Waals surface area (Å²) in [6.45, 7) is 0. The smallest absolute Gasteiger partial charge is 0.204 e. The van der Waals surface area contributed by atoms with Gasteiger partial charge in [-0.3, -0.25) is 4.79 Å². The van der Waals surface area contributed by atoms with Crippen molar-refractivity contribution in [2.24, 2.45) is 0 Å². The van der Waals surface area contributed by atoms with Gasteiger partial charge in [0.25, 0.3) is 0 Å². The molecule has 4 N–H and O–H groups in total. The molecular formula is C17H14O8. The second-order valence-corrected chi connectivity index (χ2v) is 5.17. The molecule has 0 bridgehead atoms. The van der Waals surface area contributed by atoms with E-state index in [1.165, 1.54) is 20.3 Å². The van der Waals surface area contributed by atoms with Crippen LogP contribution in [0.4, 0.5) is 0 Å². The Balaban J connectivity index is 2.43. The Labute approximate surface area is 140 Å². The fourth-order valence-electron chi connectivity index (χ4n) is 2.61. The van der Waals surface area contributed by atoms with Crippen LogP contribution in [0.15, 0.2) is 33.5 Å². The molecule has 0 amide bonds. The monoisotopic (exact) mass is 346 g/mol. The predicted octanol–water partition coefficient (Wildman–Crippen LogP) is 2.30. The minimum Gasteiger partial charge on any atom is -0.508 e. The lowest BCUT2D eigenvalue weighted by Crippen LogP contribution is -2.02. The number of hydrogen-bond acceptors (Lipinski definition) is 8. The third-order valence-corrected chi connectivity index (χ3v) is 3.64. The molecule has 2 aromatic carbocycles. The van der Waals surface area contributed by atoms with Crippen molar-refractivity contribution < 1.29 is 34.3 Å². The lowest BCUT2D eigenvalue weighted by Gasteiger charge is -2.13. The Kier molecular flexibility index (Phi) is 3.80. The maximum atomic E-state index is 12.4. The molecular weight excluding hydrogens is 332 g/mol. The first-order chi connectivity index (χ1) is 11.9. The number of fused-ring (bicyclic) bond motifs is 1. The summed E-state index contributed by atoms with van der Waals surface area (Å²) in [7, 11) is 2.56. The van der Waals surface area contributed by atoms with Crippen LogP contribution in [0.5, 0.6) is 34.5 Å². The van der Waals surface area contributed by atoms with Crippen LogP contribution in [0.2, 0.25) is 0 Å². The largest absolute Gasteiger partial charge is 0.508 e. The SMILES string of the molecule is COc1c(O)cc(O)cc1-c1cc(=O)c2c(O)cc(O)c(OC)c2o1. The Morgan fingerprint density at radius 3 is 2.12 bits per heavy atom. The number of phenols is 4. The van der Waals surface area contributed by atoms with Gasteiger partial charge in [0.15, 0.2) is 28.3 Å². The van der Waals surface area contributed by atoms with Gasteiger partial charge in [0, 0.05) is 18.2 Å². The minimum atomic E-state index is -0.614. The molecule has 0 unspecified atom stereocenters. The summed E-state index contributed by atoms with van der Waals surface area (Å²) in [5.41, 5.74) is -0.701. The standard InChI is InChI=1S/C17H14O8/c1-23-15-8(3-7(18)4-11(15)21)13-6-10(20)14-9(19)5-12(22)16(24-2)17(14)25-13/h3-6,18-19,21-22H,1-2H3. The number of rotatable bonds is 3. The molecule has 0 aliphatic heterocycles. The summed E-state index contributed by atoms with van der Waals surface area (Å²) in [4.78, 5) is 12.4. The van der Waals surface area contributed by atoms with Crippen molar-refractivity contribution in [3.8, 4) is 45.8 Å². The Morgan fingerprint density at radius 1 is 0.840 bits per heavy atom. The fraction of sp³-hybridized carbons (Fsp3) is 0.118. The van der Waals surface area contributed by atoms with Crippen LogP contribution in [0.25, 0.3) is 22.3 Å². The van der Waals surface area contributed by atoms with Crippen LogP contribution < -0.4 is 14.9 Å². The zero-order chi connectivity index (χ0) is 18.3. The average Bonchev–Trinajstić information content (AvgIpc) is 2.53. The quantitative estimate of drug-likeness (QED) is 0.568. The lowest BCUT2D eigenvalue weighted by molar-refractivity contribution is 0.365. The summed E-state index contributed by atoms with van der Waals surface area (Å²) in [5.74, 6) is -1.76. The molecule has 0 fully saturated rings. The maximum Gasteiger partial charge on any atom is 0.204 e. The number of hydrogen-bond donors (Lipinski definition) is 4. The second kappa shape index (κ2) is 5.82. The van der Waals surface area contributed by atoms with Crippen molar-refractivity contribution in [3.63, 3.8) is 0 Å². The van der Waals surface area contributed by atoms with Crippen molar-refractivity contribution in [2.75, 3.05) is 14.2 Å². The van der Waals surface area contributed by atoms with E-state index in [-0.39, 0.29) is 45.3 Å². The fourth-order valence-corrected chi connectivity index (χ4v) is 2.61. The van der Waals surface area contributed by atoms with Gasteiger partial charge in [-0.05, 0) is 6.07 Å². The maximum absolute atomic E-state index is 12.4. The summed E-state index contributed by atoms with van der Waals surface area (Å²) in [6.07, 6.45) is 0. The Morgan fingerprint density at radius 2 is 1.48 bits per heavy atom. The van der Waals surface area contributed by atoms with Gasteiger partial charge in [0.05, 0.1) is 19.8 Å². The zero-order valence-electron chi connectivity index (χ0n) is 13.2. The summed E-state index contributed by atoms with van der Waals surface area (Å²) < 4.78 is 15.7. The molecule has 0 atom stereocenters. The van der Waals surface area contributed by atoms with Crippen molar-refractivity contribution in [3.05, 3.63) is 34.5 Å². The van der Waals surface area contributed by atoms with E-state index in [4.69, 9.17) is 13.9 Å². The van der Waals surface area contributed by atoms with Gasteiger partial charge in [-0.2, -0.15) is 0 Å². The molecule has 1 heterocycles. The molecule has 8 heteroatoms. The highest BCUT2D eigenvalue weighted by Crippen LogP contribution is 2.44. The lowest BCUT2D eigenvalue weighted by atomic mass is 10.1. The van der Waals surface area contributed by atoms with Gasteiger partial charge in [-0.25, -0.2) is 0 Å². The Bertz CT molecular complexity index is 1040. The molecule has 25 heavy (non-hydrogen) atoms. The van der Waals surface area contributed by atoms with Crippen molar-refractivity contribution >= 4 is 11.0 Å². The average molecular weight is 346 g/mol. The number of aromatic hydroxyl groups is 4.